The molecule has 2 aromatic rings. The van der Waals surface area contributed by atoms with E-state index < -0.39 is 0 Å². The van der Waals surface area contributed by atoms with Crippen molar-refractivity contribution in [1.29, 1.82) is 0 Å². The third-order valence-corrected chi connectivity index (χ3v) is 5.00. The molecule has 26 heavy (non-hydrogen) atoms. The highest BCUT2D eigenvalue weighted by atomic mass is 35.5. The summed E-state index contributed by atoms with van der Waals surface area (Å²) in [5.41, 5.74) is 1.97. The Labute approximate surface area is 163 Å². The Morgan fingerprint density at radius 2 is 2.19 bits per heavy atom. The first kappa shape index (κ1) is 20.7. The van der Waals surface area contributed by atoms with Crippen LogP contribution in [0.5, 0.6) is 0 Å². The molecule has 1 unspecified atom stereocenters. The van der Waals surface area contributed by atoms with E-state index in [2.05, 4.69) is 32.7 Å². The van der Waals surface area contributed by atoms with Gasteiger partial charge in [0.2, 0.25) is 11.8 Å². The summed E-state index contributed by atoms with van der Waals surface area (Å²) in [5.74, 6) is 2.09. The number of likely N-dealkylation sites (N-methyl/N-ethyl adjacent to an activating group) is 1. The lowest BCUT2D eigenvalue weighted by molar-refractivity contribution is -0.113. The van der Waals surface area contributed by atoms with Crippen molar-refractivity contribution in [2.24, 2.45) is 0 Å². The van der Waals surface area contributed by atoms with Crippen molar-refractivity contribution in [3.8, 4) is 0 Å². The number of rotatable bonds is 6. The third-order valence-electron chi connectivity index (χ3n) is 4.09. The Balaban J connectivity index is 0.00000243. The number of nitrogens with zero attached hydrogens (tertiary/aromatic N) is 3. The maximum absolute atomic E-state index is 12.0. The lowest BCUT2D eigenvalue weighted by Gasteiger charge is -2.30. The zero-order valence-electron chi connectivity index (χ0n) is 14.9. The zero-order valence-corrected chi connectivity index (χ0v) is 16.5. The Hall–Kier alpha value is -1.61. The summed E-state index contributed by atoms with van der Waals surface area (Å²) in [6, 6.07) is 7.88. The van der Waals surface area contributed by atoms with Gasteiger partial charge in [-0.15, -0.1) is 24.2 Å². The van der Waals surface area contributed by atoms with Crippen molar-refractivity contribution in [2.45, 2.75) is 18.7 Å². The van der Waals surface area contributed by atoms with Crippen LogP contribution in [0.15, 0.2) is 28.8 Å². The minimum atomic E-state index is -0.0372. The van der Waals surface area contributed by atoms with Crippen LogP contribution in [0.25, 0.3) is 0 Å². The van der Waals surface area contributed by atoms with Crippen LogP contribution in [0.4, 0.5) is 5.69 Å². The third kappa shape index (κ3) is 5.70. The maximum atomic E-state index is 12.0. The van der Waals surface area contributed by atoms with Crippen molar-refractivity contribution in [3.05, 3.63) is 41.5 Å². The van der Waals surface area contributed by atoms with E-state index >= 15 is 0 Å². The monoisotopic (exact) mass is 397 g/mol. The van der Waals surface area contributed by atoms with Crippen LogP contribution in [0.3, 0.4) is 0 Å². The topological polar surface area (TPSA) is 83.3 Å². The second-order valence-corrected chi connectivity index (χ2v) is 7.14. The number of anilines is 1. The molecular formula is C17H24ClN5O2S. The number of benzene rings is 1. The number of carbonyl (C=O) groups is 1. The molecule has 0 bridgehead atoms. The highest BCUT2D eigenvalue weighted by Crippen LogP contribution is 2.19. The summed E-state index contributed by atoms with van der Waals surface area (Å²) < 4.78 is 5.31. The molecule has 1 aromatic heterocycles. The number of aromatic nitrogens is 2. The molecule has 1 aliphatic rings. The van der Waals surface area contributed by atoms with E-state index in [4.69, 9.17) is 4.52 Å². The molecule has 1 saturated heterocycles. The molecule has 0 spiro atoms. The predicted molar refractivity (Wildman–Crippen MR) is 106 cm³/mol. The number of carbonyl (C=O) groups excluding carboxylic acids is 1. The van der Waals surface area contributed by atoms with Crippen LogP contribution in [0, 0.1) is 6.92 Å². The minimum absolute atomic E-state index is 0. The van der Waals surface area contributed by atoms with Gasteiger partial charge in [-0.3, -0.25) is 9.69 Å². The highest BCUT2D eigenvalue weighted by Gasteiger charge is 2.25. The number of thioether (sulfide) groups is 1. The van der Waals surface area contributed by atoms with Crippen LogP contribution in [0.1, 0.15) is 23.3 Å². The lowest BCUT2D eigenvalue weighted by atomic mass is 10.2. The number of hydrogen-bond donors (Lipinski definition) is 2. The molecule has 1 aromatic carbocycles. The minimum Gasteiger partial charge on any atom is -0.338 e. The molecule has 2 heterocycles. The van der Waals surface area contributed by atoms with Gasteiger partial charge in [-0.2, -0.15) is 4.98 Å². The lowest BCUT2D eigenvalue weighted by Crippen LogP contribution is -2.44. The van der Waals surface area contributed by atoms with Crippen LogP contribution in [0.2, 0.25) is 0 Å². The summed E-state index contributed by atoms with van der Waals surface area (Å²) in [7, 11) is 2.06. The van der Waals surface area contributed by atoms with Crippen molar-refractivity contribution in [2.75, 3.05) is 37.8 Å². The number of aryl methyl sites for hydroxylation is 1. The molecule has 0 aliphatic carbocycles. The van der Waals surface area contributed by atoms with E-state index in [0.29, 0.717) is 23.2 Å². The van der Waals surface area contributed by atoms with Crippen LogP contribution in [-0.4, -0.2) is 53.4 Å². The standard InChI is InChI=1S/C17H23N5O2S.ClH/c1-12-3-5-13(6-4-12)19-15(23)10-25-11-16-20-17(21-24-16)14-9-18-7-8-22(14)2;/h3-6,14,18H,7-11H2,1-2H3,(H,19,23);1H. The molecule has 1 fully saturated rings. The van der Waals surface area contributed by atoms with Gasteiger partial charge in [-0.05, 0) is 26.1 Å². The molecule has 0 radical (unpaired) electrons. The van der Waals surface area contributed by atoms with E-state index in [1.165, 1.54) is 17.3 Å². The van der Waals surface area contributed by atoms with Gasteiger partial charge < -0.3 is 15.2 Å². The fourth-order valence-electron chi connectivity index (χ4n) is 2.62. The van der Waals surface area contributed by atoms with Crippen LogP contribution in [-0.2, 0) is 10.5 Å². The average Bonchev–Trinajstić information content (AvgIpc) is 3.06. The molecule has 1 atom stereocenters. The normalized spacial score (nSPS) is 17.5. The Morgan fingerprint density at radius 1 is 1.42 bits per heavy atom. The smallest absolute Gasteiger partial charge is 0.236 e. The molecule has 1 aliphatic heterocycles. The number of hydrogen-bond acceptors (Lipinski definition) is 7. The average molecular weight is 398 g/mol. The zero-order chi connectivity index (χ0) is 17.6. The summed E-state index contributed by atoms with van der Waals surface area (Å²) in [6.45, 7) is 4.77. The Kier molecular flexibility index (Phi) is 7.89. The summed E-state index contributed by atoms with van der Waals surface area (Å²) in [4.78, 5) is 18.6. The number of piperazine rings is 1. The number of halogens is 1. The van der Waals surface area contributed by atoms with Crippen LogP contribution < -0.4 is 10.6 Å². The van der Waals surface area contributed by atoms with Gasteiger partial charge in [0, 0.05) is 25.3 Å². The van der Waals surface area contributed by atoms with Gasteiger partial charge in [0.05, 0.1) is 17.5 Å². The summed E-state index contributed by atoms with van der Waals surface area (Å²) >= 11 is 1.46. The van der Waals surface area contributed by atoms with Gasteiger partial charge in [0.25, 0.3) is 0 Å². The second kappa shape index (κ2) is 9.91. The molecule has 1 amide bonds. The SMILES string of the molecule is Cc1ccc(NC(=O)CSCc2nc(C3CNCCN3C)no2)cc1.Cl. The number of nitrogens with one attached hydrogen (secondary N) is 2. The van der Waals surface area contributed by atoms with Gasteiger partial charge in [0.15, 0.2) is 5.82 Å². The van der Waals surface area contributed by atoms with Crippen molar-refractivity contribution in [1.82, 2.24) is 20.4 Å². The molecule has 2 N–H and O–H groups in total. The van der Waals surface area contributed by atoms with E-state index in [0.717, 1.165) is 25.3 Å². The van der Waals surface area contributed by atoms with E-state index in [9.17, 15) is 4.79 Å². The molecule has 9 heteroatoms. The highest BCUT2D eigenvalue weighted by molar-refractivity contribution is 7.99. The largest absolute Gasteiger partial charge is 0.338 e. The molecule has 7 nitrogen and oxygen atoms in total. The summed E-state index contributed by atoms with van der Waals surface area (Å²) in [5, 5.41) is 10.3. The predicted octanol–water partition coefficient (Wildman–Crippen LogP) is 2.25. The first-order chi connectivity index (χ1) is 12.1. The Bertz CT molecular complexity index is 709. The quantitative estimate of drug-likeness (QED) is 0.773. The summed E-state index contributed by atoms with van der Waals surface area (Å²) in [6.07, 6.45) is 0. The molecule has 142 valence electrons. The van der Waals surface area contributed by atoms with Crippen LogP contribution >= 0.6 is 24.2 Å². The first-order valence-corrected chi connectivity index (χ1v) is 9.45. The fraction of sp³-hybridized carbons (Fsp3) is 0.471. The van der Waals surface area contributed by atoms with Gasteiger partial charge in [0.1, 0.15) is 0 Å². The van der Waals surface area contributed by atoms with Gasteiger partial charge >= 0.3 is 0 Å². The van der Waals surface area contributed by atoms with E-state index in [1.54, 1.807) is 0 Å². The van der Waals surface area contributed by atoms with Gasteiger partial charge in [-0.25, -0.2) is 0 Å². The maximum Gasteiger partial charge on any atom is 0.236 e. The van der Waals surface area contributed by atoms with Crippen molar-refractivity contribution < 1.29 is 9.32 Å². The molecular weight excluding hydrogens is 374 g/mol. The fourth-order valence-corrected chi connectivity index (χ4v) is 3.27. The van der Waals surface area contributed by atoms with E-state index in [1.807, 2.05) is 31.2 Å². The number of amides is 1. The van der Waals surface area contributed by atoms with Crippen molar-refractivity contribution >= 4 is 35.8 Å². The molecule has 3 rings (SSSR count). The van der Waals surface area contributed by atoms with Crippen molar-refractivity contribution in [3.63, 3.8) is 0 Å². The first-order valence-electron chi connectivity index (χ1n) is 8.29. The Morgan fingerprint density at radius 3 is 2.92 bits per heavy atom. The van der Waals surface area contributed by atoms with Gasteiger partial charge in [-0.1, -0.05) is 22.9 Å². The molecule has 0 saturated carbocycles. The van der Waals surface area contributed by atoms with E-state index in [-0.39, 0.29) is 24.4 Å². The second-order valence-electron chi connectivity index (χ2n) is 6.15.